The molecular formula is C12H18F2O2. The summed E-state index contributed by atoms with van der Waals surface area (Å²) in [4.78, 5) is 11.4. The van der Waals surface area contributed by atoms with Crippen molar-refractivity contribution in [1.82, 2.24) is 0 Å². The second-order valence-corrected chi connectivity index (χ2v) is 5.07. The van der Waals surface area contributed by atoms with Crippen molar-refractivity contribution in [2.24, 2.45) is 5.92 Å². The summed E-state index contributed by atoms with van der Waals surface area (Å²) in [7, 11) is 0. The molecule has 16 heavy (non-hydrogen) atoms. The summed E-state index contributed by atoms with van der Waals surface area (Å²) >= 11 is 0. The quantitative estimate of drug-likeness (QED) is 0.551. The van der Waals surface area contributed by atoms with Crippen molar-refractivity contribution in [1.29, 1.82) is 0 Å². The summed E-state index contributed by atoms with van der Waals surface area (Å²) in [5.74, 6) is -3.41. The first-order chi connectivity index (χ1) is 7.14. The van der Waals surface area contributed by atoms with Crippen LogP contribution < -0.4 is 0 Å². The van der Waals surface area contributed by atoms with E-state index in [1.807, 2.05) is 0 Å². The van der Waals surface area contributed by atoms with E-state index in [1.54, 1.807) is 20.8 Å². The summed E-state index contributed by atoms with van der Waals surface area (Å²) < 4.78 is 31.3. The number of carbonyl (C=O) groups is 1. The molecule has 0 aromatic carbocycles. The minimum Gasteiger partial charge on any atom is -0.456 e. The Hall–Kier alpha value is -0.930. The number of hydrogen-bond donors (Lipinski definition) is 0. The molecule has 1 fully saturated rings. The molecule has 1 unspecified atom stereocenters. The molecule has 0 saturated heterocycles. The van der Waals surface area contributed by atoms with Gasteiger partial charge in [0.05, 0.1) is 0 Å². The van der Waals surface area contributed by atoms with Crippen molar-refractivity contribution < 1.29 is 18.3 Å². The van der Waals surface area contributed by atoms with E-state index in [0.717, 1.165) is 0 Å². The Balaban J connectivity index is 2.65. The van der Waals surface area contributed by atoms with Gasteiger partial charge >= 0.3 is 5.97 Å². The first kappa shape index (κ1) is 13.1. The molecule has 1 saturated carbocycles. The maximum Gasteiger partial charge on any atom is 0.333 e. The summed E-state index contributed by atoms with van der Waals surface area (Å²) in [6, 6.07) is 0. The lowest BCUT2D eigenvalue weighted by molar-refractivity contribution is -0.157. The number of alkyl halides is 2. The van der Waals surface area contributed by atoms with Crippen LogP contribution in [0.25, 0.3) is 0 Å². The van der Waals surface area contributed by atoms with Crippen LogP contribution in [-0.2, 0) is 9.53 Å². The zero-order chi connectivity index (χ0) is 12.6. The summed E-state index contributed by atoms with van der Waals surface area (Å²) in [5, 5.41) is 0. The molecule has 0 aliphatic heterocycles. The van der Waals surface area contributed by atoms with Crippen LogP contribution in [0, 0.1) is 5.92 Å². The molecule has 0 N–H and O–H groups in total. The normalized spacial score (nSPS) is 24.2. The predicted molar refractivity (Wildman–Crippen MR) is 57.3 cm³/mol. The zero-order valence-corrected chi connectivity index (χ0v) is 9.98. The number of hydrogen-bond acceptors (Lipinski definition) is 2. The first-order valence-corrected chi connectivity index (χ1v) is 5.41. The maximum absolute atomic E-state index is 13.1. The fourth-order valence-corrected chi connectivity index (χ4v) is 1.95. The molecule has 1 aliphatic rings. The van der Waals surface area contributed by atoms with E-state index in [9.17, 15) is 13.6 Å². The Labute approximate surface area is 94.7 Å². The number of carbonyl (C=O) groups excluding carboxylic acids is 1. The predicted octanol–water partition coefficient (Wildman–Crippen LogP) is 3.32. The summed E-state index contributed by atoms with van der Waals surface area (Å²) in [5.41, 5.74) is -0.562. The van der Waals surface area contributed by atoms with Crippen molar-refractivity contribution in [3.05, 3.63) is 12.2 Å². The number of ether oxygens (including phenoxy) is 1. The van der Waals surface area contributed by atoms with Gasteiger partial charge in [0.1, 0.15) is 5.60 Å². The monoisotopic (exact) mass is 232 g/mol. The topological polar surface area (TPSA) is 26.3 Å². The Bertz CT molecular complexity index is 308. The summed E-state index contributed by atoms with van der Waals surface area (Å²) in [6.45, 7) is 8.38. The fraction of sp³-hybridized carbons (Fsp3) is 0.750. The Kier molecular flexibility index (Phi) is 3.41. The van der Waals surface area contributed by atoms with Crippen LogP contribution in [-0.4, -0.2) is 17.5 Å². The SMILES string of the molecule is C=C(C)C(=O)OC(C)(C)C1CCC(F)(F)C1. The average molecular weight is 232 g/mol. The third-order valence-electron chi connectivity index (χ3n) is 3.09. The summed E-state index contributed by atoms with van der Waals surface area (Å²) in [6.07, 6.45) is 0.0681. The van der Waals surface area contributed by atoms with Gasteiger partial charge in [-0.3, -0.25) is 0 Å². The minimum absolute atomic E-state index is 0.119. The van der Waals surface area contributed by atoms with Gasteiger partial charge in [0.15, 0.2) is 0 Å². The lowest BCUT2D eigenvalue weighted by atomic mass is 9.89. The molecule has 0 heterocycles. The van der Waals surface area contributed by atoms with Crippen LogP contribution in [0.1, 0.15) is 40.0 Å². The van der Waals surface area contributed by atoms with Crippen LogP contribution >= 0.6 is 0 Å². The van der Waals surface area contributed by atoms with E-state index in [-0.39, 0.29) is 24.3 Å². The van der Waals surface area contributed by atoms with Crippen molar-refractivity contribution >= 4 is 5.97 Å². The van der Waals surface area contributed by atoms with Gasteiger partial charge in [0.25, 0.3) is 0 Å². The number of rotatable bonds is 3. The van der Waals surface area contributed by atoms with Crippen LogP contribution in [0.2, 0.25) is 0 Å². The Morgan fingerprint density at radius 3 is 2.44 bits per heavy atom. The molecule has 0 amide bonds. The largest absolute Gasteiger partial charge is 0.456 e. The third-order valence-corrected chi connectivity index (χ3v) is 3.09. The zero-order valence-electron chi connectivity index (χ0n) is 9.98. The van der Waals surface area contributed by atoms with E-state index in [2.05, 4.69) is 6.58 Å². The molecule has 1 aliphatic carbocycles. The first-order valence-electron chi connectivity index (χ1n) is 5.41. The molecule has 0 bridgehead atoms. The molecule has 0 aromatic heterocycles. The van der Waals surface area contributed by atoms with E-state index >= 15 is 0 Å². The molecule has 4 heteroatoms. The Morgan fingerprint density at radius 2 is 2.06 bits per heavy atom. The van der Waals surface area contributed by atoms with E-state index < -0.39 is 17.5 Å². The van der Waals surface area contributed by atoms with Crippen LogP contribution in [0.4, 0.5) is 8.78 Å². The standard InChI is InChI=1S/C12H18F2O2/c1-8(2)10(15)16-11(3,4)9-5-6-12(13,14)7-9/h9H,1,5-7H2,2-4H3. The minimum atomic E-state index is -2.61. The molecule has 2 nitrogen and oxygen atoms in total. The van der Waals surface area contributed by atoms with Gasteiger partial charge in [0.2, 0.25) is 5.92 Å². The highest BCUT2D eigenvalue weighted by Gasteiger charge is 2.47. The van der Waals surface area contributed by atoms with Crippen LogP contribution in [0.3, 0.4) is 0 Å². The maximum atomic E-state index is 13.1. The number of halogens is 2. The van der Waals surface area contributed by atoms with Crippen molar-refractivity contribution in [3.8, 4) is 0 Å². The van der Waals surface area contributed by atoms with E-state index in [0.29, 0.717) is 6.42 Å². The molecule has 0 spiro atoms. The van der Waals surface area contributed by atoms with Crippen molar-refractivity contribution in [2.45, 2.75) is 51.6 Å². The molecular weight excluding hydrogens is 214 g/mol. The van der Waals surface area contributed by atoms with Crippen LogP contribution in [0.5, 0.6) is 0 Å². The van der Waals surface area contributed by atoms with Crippen molar-refractivity contribution in [2.75, 3.05) is 0 Å². The second kappa shape index (κ2) is 4.15. The highest BCUT2D eigenvalue weighted by atomic mass is 19.3. The smallest absolute Gasteiger partial charge is 0.333 e. The molecule has 0 radical (unpaired) electrons. The number of esters is 1. The third kappa shape index (κ3) is 3.03. The van der Waals surface area contributed by atoms with Gasteiger partial charge in [-0.2, -0.15) is 0 Å². The van der Waals surface area contributed by atoms with Gasteiger partial charge in [-0.05, 0) is 27.2 Å². The van der Waals surface area contributed by atoms with Gasteiger partial charge in [0, 0.05) is 24.3 Å². The highest BCUT2D eigenvalue weighted by Crippen LogP contribution is 2.44. The molecule has 0 aromatic rings. The van der Waals surface area contributed by atoms with Gasteiger partial charge in [-0.25, -0.2) is 13.6 Å². The Morgan fingerprint density at radius 1 is 1.50 bits per heavy atom. The highest BCUT2D eigenvalue weighted by molar-refractivity contribution is 5.87. The van der Waals surface area contributed by atoms with Crippen molar-refractivity contribution in [3.63, 3.8) is 0 Å². The van der Waals surface area contributed by atoms with E-state index in [4.69, 9.17) is 4.74 Å². The second-order valence-electron chi connectivity index (χ2n) is 5.07. The fourth-order valence-electron chi connectivity index (χ4n) is 1.95. The van der Waals surface area contributed by atoms with Gasteiger partial charge in [-0.15, -0.1) is 0 Å². The molecule has 1 atom stereocenters. The average Bonchev–Trinajstić information content (AvgIpc) is 2.45. The lowest BCUT2D eigenvalue weighted by Crippen LogP contribution is -2.36. The van der Waals surface area contributed by atoms with Gasteiger partial charge < -0.3 is 4.74 Å². The molecule has 1 rings (SSSR count). The molecule has 92 valence electrons. The van der Waals surface area contributed by atoms with Crippen LogP contribution in [0.15, 0.2) is 12.2 Å². The van der Waals surface area contributed by atoms with E-state index in [1.165, 1.54) is 0 Å². The lowest BCUT2D eigenvalue weighted by Gasteiger charge is -2.31. The van der Waals surface area contributed by atoms with Gasteiger partial charge in [-0.1, -0.05) is 6.58 Å².